The van der Waals surface area contributed by atoms with Gasteiger partial charge in [-0.1, -0.05) is 6.92 Å². The highest BCUT2D eigenvalue weighted by Crippen LogP contribution is 2.33. The van der Waals surface area contributed by atoms with Gasteiger partial charge in [0.1, 0.15) is 5.82 Å². The zero-order chi connectivity index (χ0) is 12.9. The van der Waals surface area contributed by atoms with Gasteiger partial charge in [-0.3, -0.25) is 0 Å². The first-order valence-corrected chi connectivity index (χ1v) is 5.38. The molecule has 0 saturated carbocycles. The lowest BCUT2D eigenvalue weighted by Crippen LogP contribution is -2.23. The van der Waals surface area contributed by atoms with E-state index in [1.54, 1.807) is 0 Å². The molecular weight excluding hydrogens is 233 g/mol. The molecule has 96 valence electrons. The number of alkyl halides is 3. The minimum Gasteiger partial charge on any atom is -0.396 e. The van der Waals surface area contributed by atoms with Crippen molar-refractivity contribution in [1.82, 2.24) is 4.98 Å². The first-order chi connectivity index (χ1) is 7.99. The van der Waals surface area contributed by atoms with Gasteiger partial charge in [-0.25, -0.2) is 4.98 Å². The summed E-state index contributed by atoms with van der Waals surface area (Å²) in [5.74, 6) is -0.180. The summed E-state index contributed by atoms with van der Waals surface area (Å²) in [7, 11) is 0. The van der Waals surface area contributed by atoms with Crippen LogP contribution in [0.4, 0.5) is 19.0 Å². The van der Waals surface area contributed by atoms with Crippen molar-refractivity contribution in [1.29, 1.82) is 0 Å². The third-order valence-corrected chi connectivity index (χ3v) is 2.42. The molecule has 1 rings (SSSR count). The van der Waals surface area contributed by atoms with Crippen LogP contribution in [0.1, 0.15) is 25.3 Å². The Bertz CT molecular complexity index is 355. The number of rotatable bonds is 5. The van der Waals surface area contributed by atoms with Gasteiger partial charge in [0, 0.05) is 18.8 Å². The number of aliphatic hydroxyl groups is 1. The molecule has 17 heavy (non-hydrogen) atoms. The molecule has 1 aromatic rings. The Balaban J connectivity index is 2.90. The highest BCUT2D eigenvalue weighted by Gasteiger charge is 2.34. The maximum atomic E-state index is 12.7. The summed E-state index contributed by atoms with van der Waals surface area (Å²) >= 11 is 0. The molecule has 2 N–H and O–H groups in total. The van der Waals surface area contributed by atoms with Crippen LogP contribution in [0.2, 0.25) is 0 Å². The number of nitrogens with one attached hydrogen (secondary N) is 1. The summed E-state index contributed by atoms with van der Waals surface area (Å²) in [5, 5.41) is 11.5. The topological polar surface area (TPSA) is 45.1 Å². The molecule has 0 aliphatic heterocycles. The summed E-state index contributed by atoms with van der Waals surface area (Å²) in [6, 6.07) is 2.03. The van der Waals surface area contributed by atoms with Gasteiger partial charge < -0.3 is 10.4 Å². The van der Waals surface area contributed by atoms with E-state index in [0.717, 1.165) is 6.07 Å². The van der Waals surface area contributed by atoms with E-state index >= 15 is 0 Å². The summed E-state index contributed by atoms with van der Waals surface area (Å²) in [4.78, 5) is 3.70. The molecule has 0 radical (unpaired) electrons. The second kappa shape index (κ2) is 5.86. The minimum absolute atomic E-state index is 0.0698. The predicted octanol–water partition coefficient (Wildman–Crippen LogP) is 2.67. The molecule has 1 aromatic heterocycles. The van der Waals surface area contributed by atoms with Gasteiger partial charge >= 0.3 is 6.18 Å². The van der Waals surface area contributed by atoms with Crippen molar-refractivity contribution < 1.29 is 18.3 Å². The standard InChI is InChI=1S/C11H15F3N2O/c1-2-8(5-7-17)16-10-9(11(12,13)14)4-3-6-15-10/h3-4,6,8,17H,2,5,7H2,1H3,(H,15,16). The molecule has 1 atom stereocenters. The van der Waals surface area contributed by atoms with Gasteiger partial charge in [-0.15, -0.1) is 0 Å². The average Bonchev–Trinajstić information content (AvgIpc) is 2.27. The van der Waals surface area contributed by atoms with Crippen LogP contribution in [0.15, 0.2) is 18.3 Å². The van der Waals surface area contributed by atoms with Gasteiger partial charge in [-0.2, -0.15) is 13.2 Å². The Morgan fingerprint density at radius 1 is 1.47 bits per heavy atom. The van der Waals surface area contributed by atoms with E-state index in [9.17, 15) is 13.2 Å². The van der Waals surface area contributed by atoms with Gasteiger partial charge in [0.05, 0.1) is 5.56 Å². The highest BCUT2D eigenvalue weighted by atomic mass is 19.4. The van der Waals surface area contributed by atoms with Crippen LogP contribution in [-0.2, 0) is 6.18 Å². The number of aromatic nitrogens is 1. The van der Waals surface area contributed by atoms with Gasteiger partial charge in [-0.05, 0) is 25.0 Å². The molecule has 0 bridgehead atoms. The quantitative estimate of drug-likeness (QED) is 0.842. The Kier molecular flexibility index (Phi) is 4.74. The molecule has 3 nitrogen and oxygen atoms in total. The van der Waals surface area contributed by atoms with Crippen molar-refractivity contribution >= 4 is 5.82 Å². The SMILES string of the molecule is CCC(CCO)Nc1ncccc1C(F)(F)F. The number of aliphatic hydroxyl groups excluding tert-OH is 1. The van der Waals surface area contributed by atoms with Crippen LogP contribution in [-0.4, -0.2) is 22.7 Å². The molecular formula is C11H15F3N2O. The van der Waals surface area contributed by atoms with Gasteiger partial charge in [0.25, 0.3) is 0 Å². The van der Waals surface area contributed by atoms with Crippen molar-refractivity contribution in [3.8, 4) is 0 Å². The Labute approximate surface area is 97.7 Å². The molecule has 0 aliphatic carbocycles. The van der Waals surface area contributed by atoms with Crippen molar-refractivity contribution in [3.63, 3.8) is 0 Å². The van der Waals surface area contributed by atoms with E-state index in [-0.39, 0.29) is 18.5 Å². The van der Waals surface area contributed by atoms with E-state index < -0.39 is 11.7 Å². The van der Waals surface area contributed by atoms with Crippen molar-refractivity contribution in [3.05, 3.63) is 23.9 Å². The first kappa shape index (κ1) is 13.8. The molecule has 0 amide bonds. The van der Waals surface area contributed by atoms with E-state index in [2.05, 4.69) is 10.3 Å². The molecule has 0 fully saturated rings. The van der Waals surface area contributed by atoms with E-state index in [0.29, 0.717) is 12.8 Å². The molecule has 0 aliphatic rings. The van der Waals surface area contributed by atoms with Crippen LogP contribution >= 0.6 is 0 Å². The predicted molar refractivity (Wildman–Crippen MR) is 58.6 cm³/mol. The van der Waals surface area contributed by atoms with E-state index in [4.69, 9.17) is 5.11 Å². The first-order valence-electron chi connectivity index (χ1n) is 5.38. The monoisotopic (exact) mass is 248 g/mol. The molecule has 0 spiro atoms. The second-order valence-corrected chi connectivity index (χ2v) is 3.66. The summed E-state index contributed by atoms with van der Waals surface area (Å²) in [6.45, 7) is 1.77. The zero-order valence-corrected chi connectivity index (χ0v) is 9.46. The number of pyridine rings is 1. The molecule has 6 heteroatoms. The zero-order valence-electron chi connectivity index (χ0n) is 9.46. The molecule has 0 aromatic carbocycles. The molecule has 0 saturated heterocycles. The Hall–Kier alpha value is -1.30. The van der Waals surface area contributed by atoms with E-state index in [1.165, 1.54) is 12.3 Å². The lowest BCUT2D eigenvalue weighted by Gasteiger charge is -2.19. The number of nitrogens with zero attached hydrogens (tertiary/aromatic N) is 1. The Morgan fingerprint density at radius 2 is 2.18 bits per heavy atom. The second-order valence-electron chi connectivity index (χ2n) is 3.66. The average molecular weight is 248 g/mol. The number of hydrogen-bond acceptors (Lipinski definition) is 3. The fourth-order valence-corrected chi connectivity index (χ4v) is 1.48. The lowest BCUT2D eigenvalue weighted by molar-refractivity contribution is -0.137. The van der Waals surface area contributed by atoms with E-state index in [1.807, 2.05) is 6.92 Å². The summed E-state index contributed by atoms with van der Waals surface area (Å²) in [6.07, 6.45) is -2.10. The van der Waals surface area contributed by atoms with Crippen molar-refractivity contribution in [2.24, 2.45) is 0 Å². The largest absolute Gasteiger partial charge is 0.419 e. The van der Waals surface area contributed by atoms with Crippen molar-refractivity contribution in [2.75, 3.05) is 11.9 Å². The number of anilines is 1. The maximum Gasteiger partial charge on any atom is 0.419 e. The highest BCUT2D eigenvalue weighted by molar-refractivity contribution is 5.46. The smallest absolute Gasteiger partial charge is 0.396 e. The summed E-state index contributed by atoms with van der Waals surface area (Å²) < 4.78 is 38.0. The third-order valence-electron chi connectivity index (χ3n) is 2.42. The fraction of sp³-hybridized carbons (Fsp3) is 0.545. The van der Waals surface area contributed by atoms with Gasteiger partial charge in [0.15, 0.2) is 0 Å². The van der Waals surface area contributed by atoms with Gasteiger partial charge in [0.2, 0.25) is 0 Å². The maximum absolute atomic E-state index is 12.7. The minimum atomic E-state index is -4.42. The van der Waals surface area contributed by atoms with Crippen LogP contribution in [0.25, 0.3) is 0 Å². The summed E-state index contributed by atoms with van der Waals surface area (Å²) in [5.41, 5.74) is -0.781. The van der Waals surface area contributed by atoms with Crippen LogP contribution in [0.3, 0.4) is 0 Å². The number of halogens is 3. The normalized spacial score (nSPS) is 13.5. The molecule has 1 heterocycles. The molecule has 1 unspecified atom stereocenters. The fourth-order valence-electron chi connectivity index (χ4n) is 1.48. The third kappa shape index (κ3) is 3.89. The van der Waals surface area contributed by atoms with Crippen molar-refractivity contribution in [2.45, 2.75) is 32.0 Å². The lowest BCUT2D eigenvalue weighted by atomic mass is 10.1. The Morgan fingerprint density at radius 3 is 2.71 bits per heavy atom. The van der Waals surface area contributed by atoms with Crippen LogP contribution in [0, 0.1) is 0 Å². The van der Waals surface area contributed by atoms with Crippen LogP contribution < -0.4 is 5.32 Å². The number of hydrogen-bond donors (Lipinski definition) is 2. The van der Waals surface area contributed by atoms with Crippen LogP contribution in [0.5, 0.6) is 0 Å².